The molecule has 0 bridgehead atoms. The number of carbonyl (C=O) groups is 3. The number of hydrogen-bond donors (Lipinski definition) is 7. The Hall–Kier alpha value is -4.55. The van der Waals surface area contributed by atoms with Crippen molar-refractivity contribution in [3.05, 3.63) is 59.7 Å². The molecule has 12 heteroatoms. The molecule has 12 nitrogen and oxygen atoms in total. The molecule has 0 amide bonds. The Labute approximate surface area is 209 Å². The lowest BCUT2D eigenvalue weighted by Crippen LogP contribution is -2.58. The molecule has 37 heavy (non-hydrogen) atoms. The van der Waals surface area contributed by atoms with Gasteiger partial charge in [0.1, 0.15) is 6.10 Å². The van der Waals surface area contributed by atoms with Crippen LogP contribution in [0.5, 0.6) is 23.0 Å². The average molecular weight is 516 g/mol. The third-order valence-corrected chi connectivity index (χ3v) is 5.57. The number of ether oxygens (including phenoxy) is 2. The Bertz CT molecular complexity index is 1250. The molecular formula is C25H24O12. The smallest absolute Gasteiger partial charge is 0.335 e. The van der Waals surface area contributed by atoms with Crippen molar-refractivity contribution in [3.63, 3.8) is 0 Å². The number of aliphatic carboxylic acids is 1. The van der Waals surface area contributed by atoms with E-state index in [4.69, 9.17) is 9.47 Å². The van der Waals surface area contributed by atoms with E-state index in [2.05, 4.69) is 0 Å². The molecule has 1 fully saturated rings. The van der Waals surface area contributed by atoms with Crippen molar-refractivity contribution in [1.82, 2.24) is 0 Å². The number of benzene rings is 2. The Balaban J connectivity index is 1.75. The maximum atomic E-state index is 12.4. The number of carboxylic acids is 1. The number of carboxylic acid groups (broad SMARTS) is 1. The first-order valence-electron chi connectivity index (χ1n) is 10.8. The van der Waals surface area contributed by atoms with E-state index in [1.165, 1.54) is 42.5 Å². The summed E-state index contributed by atoms with van der Waals surface area (Å²) >= 11 is 0. The second kappa shape index (κ2) is 11.0. The molecule has 0 aliphatic heterocycles. The highest BCUT2D eigenvalue weighted by Gasteiger charge is 2.52. The van der Waals surface area contributed by atoms with Gasteiger partial charge >= 0.3 is 17.9 Å². The van der Waals surface area contributed by atoms with E-state index in [-0.39, 0.29) is 11.5 Å². The van der Waals surface area contributed by atoms with Crippen LogP contribution in [0, 0.1) is 0 Å². The van der Waals surface area contributed by atoms with Crippen molar-refractivity contribution in [3.8, 4) is 23.0 Å². The summed E-state index contributed by atoms with van der Waals surface area (Å²) in [6.07, 6.45) is -1.86. The molecule has 1 aliphatic carbocycles. The van der Waals surface area contributed by atoms with Crippen molar-refractivity contribution in [1.29, 1.82) is 0 Å². The topological polar surface area (TPSA) is 211 Å². The Morgan fingerprint density at radius 3 is 1.73 bits per heavy atom. The minimum absolute atomic E-state index is 0.311. The number of esters is 2. The fourth-order valence-corrected chi connectivity index (χ4v) is 3.66. The van der Waals surface area contributed by atoms with Crippen LogP contribution in [-0.4, -0.2) is 77.6 Å². The van der Waals surface area contributed by atoms with Crippen LogP contribution in [0.15, 0.2) is 48.6 Å². The number of phenols is 4. The lowest BCUT2D eigenvalue weighted by molar-refractivity contribution is -0.204. The van der Waals surface area contributed by atoms with E-state index in [1.807, 2.05) is 0 Å². The van der Waals surface area contributed by atoms with Crippen LogP contribution in [0.1, 0.15) is 24.0 Å². The van der Waals surface area contributed by atoms with Gasteiger partial charge in [-0.1, -0.05) is 12.1 Å². The lowest BCUT2D eigenvalue weighted by atomic mass is 9.79. The van der Waals surface area contributed by atoms with Crippen molar-refractivity contribution in [2.75, 3.05) is 0 Å². The van der Waals surface area contributed by atoms with E-state index < -0.39 is 66.2 Å². The van der Waals surface area contributed by atoms with E-state index in [0.29, 0.717) is 11.1 Å². The molecule has 0 spiro atoms. The highest BCUT2D eigenvalue weighted by molar-refractivity contribution is 5.88. The van der Waals surface area contributed by atoms with Gasteiger partial charge in [0, 0.05) is 25.0 Å². The minimum atomic E-state index is -2.46. The molecular weight excluding hydrogens is 492 g/mol. The van der Waals surface area contributed by atoms with Gasteiger partial charge in [-0.05, 0) is 47.5 Å². The van der Waals surface area contributed by atoms with Gasteiger partial charge in [-0.2, -0.15) is 0 Å². The number of aliphatic hydroxyl groups excluding tert-OH is 1. The summed E-state index contributed by atoms with van der Waals surface area (Å²) in [5.41, 5.74) is -1.82. The fourth-order valence-electron chi connectivity index (χ4n) is 3.66. The third kappa shape index (κ3) is 6.78. The molecule has 2 aromatic carbocycles. The summed E-state index contributed by atoms with van der Waals surface area (Å²) < 4.78 is 10.4. The van der Waals surface area contributed by atoms with Gasteiger partial charge in [-0.3, -0.25) is 0 Å². The van der Waals surface area contributed by atoms with Crippen LogP contribution in [0.3, 0.4) is 0 Å². The average Bonchev–Trinajstić information content (AvgIpc) is 2.82. The maximum Gasteiger partial charge on any atom is 0.335 e. The van der Waals surface area contributed by atoms with Crippen LogP contribution in [0.25, 0.3) is 12.2 Å². The van der Waals surface area contributed by atoms with Crippen molar-refractivity contribution in [2.45, 2.75) is 36.8 Å². The van der Waals surface area contributed by atoms with Gasteiger partial charge < -0.3 is 45.2 Å². The molecule has 4 atom stereocenters. The molecule has 7 N–H and O–H groups in total. The number of hydrogen-bond acceptors (Lipinski definition) is 11. The first-order valence-corrected chi connectivity index (χ1v) is 10.8. The SMILES string of the molecule is O=C(/C=C/c1ccc(O)c(O)c1)O[C@@H]1[C@H](O)C[C@](O)(C(=O)O)C[C@H]1OC(=O)/C=C/c1ccc(O)c(O)c1. The molecule has 1 aliphatic rings. The van der Waals surface area contributed by atoms with Crippen molar-refractivity contribution < 1.29 is 59.6 Å². The number of phenolic OH excluding ortho intramolecular Hbond substituents is 4. The number of aliphatic hydroxyl groups is 2. The summed E-state index contributed by atoms with van der Waals surface area (Å²) in [6.45, 7) is 0. The van der Waals surface area contributed by atoms with Crippen molar-refractivity contribution in [2.24, 2.45) is 0 Å². The molecule has 0 radical (unpaired) electrons. The highest BCUT2D eigenvalue weighted by Crippen LogP contribution is 2.33. The molecule has 0 unspecified atom stereocenters. The quantitative estimate of drug-likeness (QED) is 0.156. The number of carbonyl (C=O) groups excluding carboxylic acids is 2. The standard InChI is InChI=1S/C25H24O12/c26-15-5-1-13(9-17(15)28)3-7-21(31)36-20-12-25(35,24(33)34)11-19(30)23(20)37-22(32)8-4-14-2-6-16(27)18(29)10-14/h1-10,19-20,23,26-30,35H,11-12H2,(H,33,34)/b7-3+,8-4+/t19-,20-,23-,25-/m1/s1. The second-order valence-electron chi connectivity index (χ2n) is 8.35. The summed E-state index contributed by atoms with van der Waals surface area (Å²) in [5.74, 6) is -5.29. The van der Waals surface area contributed by atoms with Crippen LogP contribution in [0.4, 0.5) is 0 Å². The van der Waals surface area contributed by atoms with Gasteiger partial charge in [0.2, 0.25) is 0 Å². The van der Waals surface area contributed by atoms with E-state index in [9.17, 15) is 50.1 Å². The van der Waals surface area contributed by atoms with Crippen LogP contribution < -0.4 is 0 Å². The van der Waals surface area contributed by atoms with Crippen LogP contribution in [0.2, 0.25) is 0 Å². The predicted octanol–water partition coefficient (Wildman–Crippen LogP) is 1.03. The molecule has 0 saturated heterocycles. The van der Waals surface area contributed by atoms with Gasteiger partial charge in [-0.25, -0.2) is 14.4 Å². The first-order chi connectivity index (χ1) is 17.4. The zero-order chi connectivity index (χ0) is 27.3. The predicted molar refractivity (Wildman–Crippen MR) is 125 cm³/mol. The molecule has 196 valence electrons. The van der Waals surface area contributed by atoms with Crippen LogP contribution >= 0.6 is 0 Å². The van der Waals surface area contributed by atoms with Gasteiger partial charge in [0.15, 0.2) is 34.7 Å². The lowest BCUT2D eigenvalue weighted by Gasteiger charge is -2.40. The van der Waals surface area contributed by atoms with Crippen molar-refractivity contribution >= 4 is 30.1 Å². The second-order valence-corrected chi connectivity index (χ2v) is 8.35. The normalized spacial score (nSPS) is 23.7. The molecule has 2 aromatic rings. The molecule has 1 saturated carbocycles. The summed E-state index contributed by atoms with van der Waals surface area (Å²) in [6, 6.07) is 7.50. The van der Waals surface area contributed by atoms with E-state index >= 15 is 0 Å². The Morgan fingerprint density at radius 1 is 0.784 bits per heavy atom. The molecule has 3 rings (SSSR count). The summed E-state index contributed by atoms with van der Waals surface area (Å²) in [7, 11) is 0. The molecule has 0 aromatic heterocycles. The summed E-state index contributed by atoms with van der Waals surface area (Å²) in [4.78, 5) is 36.3. The van der Waals surface area contributed by atoms with E-state index in [1.54, 1.807) is 0 Å². The number of aromatic hydroxyl groups is 4. The molecule has 0 heterocycles. The van der Waals surface area contributed by atoms with Gasteiger partial charge in [-0.15, -0.1) is 0 Å². The monoisotopic (exact) mass is 516 g/mol. The van der Waals surface area contributed by atoms with E-state index in [0.717, 1.165) is 18.2 Å². The minimum Gasteiger partial charge on any atom is -0.504 e. The fraction of sp³-hybridized carbons (Fsp3) is 0.240. The first kappa shape index (κ1) is 27.0. The number of rotatable bonds is 7. The summed E-state index contributed by atoms with van der Waals surface area (Å²) in [5, 5.41) is 68.0. The zero-order valence-electron chi connectivity index (χ0n) is 19.1. The van der Waals surface area contributed by atoms with Crippen LogP contribution in [-0.2, 0) is 23.9 Å². The largest absolute Gasteiger partial charge is 0.504 e. The third-order valence-electron chi connectivity index (χ3n) is 5.57. The highest BCUT2D eigenvalue weighted by atomic mass is 16.6. The maximum absolute atomic E-state index is 12.4. The Morgan fingerprint density at radius 2 is 1.27 bits per heavy atom. The van der Waals surface area contributed by atoms with Gasteiger partial charge in [0.25, 0.3) is 0 Å². The zero-order valence-corrected chi connectivity index (χ0v) is 19.1. The van der Waals surface area contributed by atoms with Gasteiger partial charge in [0.05, 0.1) is 6.10 Å². The Kier molecular flexibility index (Phi) is 8.05.